The fourth-order valence-electron chi connectivity index (χ4n) is 3.37. The molecule has 0 aromatic heterocycles. The number of nitrogens with zero attached hydrogens (tertiary/aromatic N) is 3. The molecule has 3 aromatic rings. The van der Waals surface area contributed by atoms with E-state index in [4.69, 9.17) is 9.47 Å². The number of ether oxygens (including phenoxy) is 2. The maximum atomic E-state index is 13.0. The molecule has 1 amide bonds. The molecule has 1 aliphatic heterocycles. The van der Waals surface area contributed by atoms with E-state index in [0.717, 1.165) is 10.0 Å². The molecule has 0 aliphatic carbocycles. The maximum Gasteiger partial charge on any atom is 0.337 e. The second-order valence-corrected chi connectivity index (χ2v) is 9.57. The Morgan fingerprint density at radius 1 is 1.17 bits per heavy atom. The molecule has 0 spiro atoms. The first-order valence-corrected chi connectivity index (χ1v) is 12.4. The van der Waals surface area contributed by atoms with Crippen LogP contribution >= 0.6 is 27.7 Å². The standard InChI is InChI=1S/C27H20BrN3O4S/c1-31-25(32)24(36-27(31)30-22-10-7-17(8-11-22)26(33)34-2)14-20-13-21(28)9-12-23(20)35-16-19-6-4-3-5-18(19)15-29/h3-14H,16H2,1-2H3/b24-14-,30-27?. The molecule has 9 heteroatoms. The Morgan fingerprint density at radius 2 is 1.92 bits per heavy atom. The topological polar surface area (TPSA) is 92.0 Å². The Bertz CT molecular complexity index is 1430. The normalized spacial score (nSPS) is 15.3. The summed E-state index contributed by atoms with van der Waals surface area (Å²) in [5.74, 6) is -0.0333. The summed E-state index contributed by atoms with van der Waals surface area (Å²) in [6, 6.07) is 21.6. The predicted octanol–water partition coefficient (Wildman–Crippen LogP) is 5.92. The Kier molecular flexibility index (Phi) is 7.88. The molecule has 4 rings (SSSR count). The van der Waals surface area contributed by atoms with Gasteiger partial charge in [0.2, 0.25) is 0 Å². The number of benzene rings is 3. The lowest BCUT2D eigenvalue weighted by molar-refractivity contribution is -0.121. The first-order chi connectivity index (χ1) is 17.4. The van der Waals surface area contributed by atoms with Gasteiger partial charge in [0.25, 0.3) is 5.91 Å². The molecule has 180 valence electrons. The molecule has 0 N–H and O–H groups in total. The molecule has 0 atom stereocenters. The number of nitriles is 1. The van der Waals surface area contributed by atoms with Crippen LogP contribution in [0.3, 0.4) is 0 Å². The van der Waals surface area contributed by atoms with Crippen molar-refractivity contribution in [3.63, 3.8) is 0 Å². The van der Waals surface area contributed by atoms with Gasteiger partial charge in [0, 0.05) is 22.6 Å². The van der Waals surface area contributed by atoms with Crippen LogP contribution in [-0.2, 0) is 16.1 Å². The summed E-state index contributed by atoms with van der Waals surface area (Å²) in [6.45, 7) is 0.219. The summed E-state index contributed by atoms with van der Waals surface area (Å²) < 4.78 is 11.6. The zero-order valence-corrected chi connectivity index (χ0v) is 21.8. The minimum absolute atomic E-state index is 0.189. The number of likely N-dealkylation sites (N-methyl/N-ethyl adjacent to an activating group) is 1. The molecular formula is C27H20BrN3O4S. The van der Waals surface area contributed by atoms with Gasteiger partial charge in [-0.1, -0.05) is 34.1 Å². The average molecular weight is 562 g/mol. The third kappa shape index (κ3) is 5.67. The van der Waals surface area contributed by atoms with E-state index in [2.05, 4.69) is 27.0 Å². The number of thioether (sulfide) groups is 1. The second-order valence-electron chi connectivity index (χ2n) is 7.65. The zero-order chi connectivity index (χ0) is 25.7. The highest BCUT2D eigenvalue weighted by Crippen LogP contribution is 2.35. The van der Waals surface area contributed by atoms with Gasteiger partial charge < -0.3 is 9.47 Å². The van der Waals surface area contributed by atoms with Crippen LogP contribution in [0.2, 0.25) is 0 Å². The number of carbonyl (C=O) groups is 2. The van der Waals surface area contributed by atoms with Crippen molar-refractivity contribution in [2.24, 2.45) is 4.99 Å². The lowest BCUT2D eigenvalue weighted by Crippen LogP contribution is -2.23. The first-order valence-electron chi connectivity index (χ1n) is 10.7. The van der Waals surface area contributed by atoms with Crippen molar-refractivity contribution in [3.8, 4) is 11.8 Å². The highest BCUT2D eigenvalue weighted by molar-refractivity contribution is 9.10. The van der Waals surface area contributed by atoms with E-state index in [-0.39, 0.29) is 12.5 Å². The third-order valence-electron chi connectivity index (χ3n) is 5.30. The molecule has 0 radical (unpaired) electrons. The van der Waals surface area contributed by atoms with Crippen molar-refractivity contribution in [1.82, 2.24) is 4.90 Å². The summed E-state index contributed by atoms with van der Waals surface area (Å²) in [4.78, 5) is 31.1. The number of aliphatic imine (C=N–C) groups is 1. The van der Waals surface area contributed by atoms with Gasteiger partial charge in [0.05, 0.1) is 34.9 Å². The molecular weight excluding hydrogens is 542 g/mol. The van der Waals surface area contributed by atoms with Gasteiger partial charge >= 0.3 is 5.97 Å². The van der Waals surface area contributed by atoms with Gasteiger partial charge in [-0.3, -0.25) is 9.69 Å². The number of carbonyl (C=O) groups excluding carboxylic acids is 2. The lowest BCUT2D eigenvalue weighted by atomic mass is 10.1. The first kappa shape index (κ1) is 25.2. The monoisotopic (exact) mass is 561 g/mol. The van der Waals surface area contributed by atoms with E-state index in [0.29, 0.717) is 38.2 Å². The number of halogens is 1. The summed E-state index contributed by atoms with van der Waals surface area (Å²) in [5, 5.41) is 9.84. The highest BCUT2D eigenvalue weighted by Gasteiger charge is 2.30. The summed E-state index contributed by atoms with van der Waals surface area (Å²) in [6.07, 6.45) is 1.77. The fraction of sp³-hybridized carbons (Fsp3) is 0.111. The highest BCUT2D eigenvalue weighted by atomic mass is 79.9. The Labute approximate surface area is 221 Å². The van der Waals surface area contributed by atoms with Crippen molar-refractivity contribution in [1.29, 1.82) is 5.26 Å². The van der Waals surface area contributed by atoms with Crippen molar-refractivity contribution >= 4 is 56.5 Å². The Hall–Kier alpha value is -3.87. The van der Waals surface area contributed by atoms with E-state index in [1.807, 2.05) is 36.4 Å². The third-order valence-corrected chi connectivity index (χ3v) is 6.85. The molecule has 1 heterocycles. The van der Waals surface area contributed by atoms with Crippen LogP contribution in [0.5, 0.6) is 5.75 Å². The van der Waals surface area contributed by atoms with Gasteiger partial charge in [-0.15, -0.1) is 0 Å². The van der Waals surface area contributed by atoms with E-state index >= 15 is 0 Å². The summed E-state index contributed by atoms with van der Waals surface area (Å²) in [7, 11) is 2.99. The van der Waals surface area contributed by atoms with Crippen molar-refractivity contribution in [2.75, 3.05) is 14.2 Å². The quantitative estimate of drug-likeness (QED) is 0.274. The van der Waals surface area contributed by atoms with E-state index in [9.17, 15) is 14.9 Å². The van der Waals surface area contributed by atoms with Gasteiger partial charge in [0.1, 0.15) is 12.4 Å². The summed E-state index contributed by atoms with van der Waals surface area (Å²) in [5.41, 5.74) is 3.07. The molecule has 1 aliphatic rings. The minimum Gasteiger partial charge on any atom is -0.488 e. The predicted molar refractivity (Wildman–Crippen MR) is 143 cm³/mol. The SMILES string of the molecule is COC(=O)c1ccc(N=C2S/C(=C\c3cc(Br)ccc3OCc3ccccc3C#N)C(=O)N2C)cc1. The molecule has 0 bridgehead atoms. The van der Waals surface area contributed by atoms with Crippen molar-refractivity contribution < 1.29 is 19.1 Å². The lowest BCUT2D eigenvalue weighted by Gasteiger charge is -2.11. The number of rotatable bonds is 6. The van der Waals surface area contributed by atoms with E-state index in [1.54, 1.807) is 43.5 Å². The van der Waals surface area contributed by atoms with Crippen LogP contribution in [0.15, 0.2) is 81.1 Å². The molecule has 1 saturated heterocycles. The number of hydrogen-bond acceptors (Lipinski definition) is 7. The Morgan fingerprint density at radius 3 is 2.64 bits per heavy atom. The minimum atomic E-state index is -0.426. The van der Waals surface area contributed by atoms with E-state index in [1.165, 1.54) is 23.8 Å². The number of hydrogen-bond donors (Lipinski definition) is 0. The molecule has 0 saturated carbocycles. The Balaban J connectivity index is 1.58. The van der Waals surface area contributed by atoms with Gasteiger partial charge in [-0.05, 0) is 66.4 Å². The smallest absolute Gasteiger partial charge is 0.337 e. The van der Waals surface area contributed by atoms with Gasteiger partial charge in [0.15, 0.2) is 5.17 Å². The average Bonchev–Trinajstić information content (AvgIpc) is 3.15. The second kappa shape index (κ2) is 11.2. The van der Waals surface area contributed by atoms with Crippen LogP contribution in [0.4, 0.5) is 5.69 Å². The van der Waals surface area contributed by atoms with Crippen molar-refractivity contribution in [2.45, 2.75) is 6.61 Å². The van der Waals surface area contributed by atoms with Crippen LogP contribution in [0.1, 0.15) is 27.0 Å². The fourth-order valence-corrected chi connectivity index (χ4v) is 4.72. The molecule has 36 heavy (non-hydrogen) atoms. The van der Waals surface area contributed by atoms with Crippen LogP contribution in [-0.4, -0.2) is 36.1 Å². The number of methoxy groups -OCH3 is 1. The maximum absolute atomic E-state index is 13.0. The van der Waals surface area contributed by atoms with Crippen LogP contribution in [0, 0.1) is 11.3 Å². The number of amides is 1. The van der Waals surface area contributed by atoms with Crippen molar-refractivity contribution in [3.05, 3.63) is 98.4 Å². The zero-order valence-electron chi connectivity index (χ0n) is 19.4. The molecule has 1 fully saturated rings. The van der Waals surface area contributed by atoms with Gasteiger partial charge in [-0.2, -0.15) is 5.26 Å². The molecule has 0 unspecified atom stereocenters. The van der Waals surface area contributed by atoms with Crippen LogP contribution in [0.25, 0.3) is 6.08 Å². The number of amidine groups is 1. The summed E-state index contributed by atoms with van der Waals surface area (Å²) >= 11 is 4.73. The largest absolute Gasteiger partial charge is 0.488 e. The van der Waals surface area contributed by atoms with E-state index < -0.39 is 5.97 Å². The van der Waals surface area contributed by atoms with Gasteiger partial charge in [-0.25, -0.2) is 9.79 Å². The number of esters is 1. The van der Waals surface area contributed by atoms with Crippen LogP contribution < -0.4 is 4.74 Å². The molecule has 3 aromatic carbocycles. The molecule has 7 nitrogen and oxygen atoms in total.